The summed E-state index contributed by atoms with van der Waals surface area (Å²) in [6.07, 6.45) is 0.908. The van der Waals surface area contributed by atoms with Gasteiger partial charge in [-0.25, -0.2) is 4.39 Å². The number of halogens is 1. The van der Waals surface area contributed by atoms with E-state index in [9.17, 15) is 9.18 Å². The number of carbonyl (C=O) groups excluding carboxylic acids is 1. The first kappa shape index (κ1) is 12.7. The summed E-state index contributed by atoms with van der Waals surface area (Å²) in [6, 6.07) is 14.4. The maximum Gasteiger partial charge on any atom is 0.253 e. The maximum atomic E-state index is 13.3. The van der Waals surface area contributed by atoms with E-state index in [0.29, 0.717) is 5.92 Å². The van der Waals surface area contributed by atoms with Gasteiger partial charge in [0.1, 0.15) is 5.82 Å². The van der Waals surface area contributed by atoms with E-state index in [1.165, 1.54) is 23.8 Å². The van der Waals surface area contributed by atoms with Crippen LogP contribution < -0.4 is 11.1 Å². The first-order valence-corrected chi connectivity index (χ1v) is 6.56. The molecule has 20 heavy (non-hydrogen) atoms. The zero-order valence-corrected chi connectivity index (χ0v) is 10.8. The van der Waals surface area contributed by atoms with Crippen molar-refractivity contribution < 1.29 is 9.18 Å². The van der Waals surface area contributed by atoms with Crippen LogP contribution in [0.25, 0.3) is 0 Å². The van der Waals surface area contributed by atoms with Gasteiger partial charge in [0.15, 0.2) is 0 Å². The number of anilines is 1. The standard InChI is InChI=1S/C16H15FN2O/c17-13-8-4-7-11(15(13)18)16(20)19-14-9-12(14)10-5-2-1-3-6-10/h1-8,12,14H,9,18H2,(H,19,20). The Labute approximate surface area is 116 Å². The number of carbonyl (C=O) groups is 1. The lowest BCUT2D eigenvalue weighted by Crippen LogP contribution is -2.27. The van der Waals surface area contributed by atoms with Crippen molar-refractivity contribution in [2.45, 2.75) is 18.4 Å². The average molecular weight is 270 g/mol. The Bertz CT molecular complexity index is 642. The van der Waals surface area contributed by atoms with Gasteiger partial charge < -0.3 is 11.1 Å². The summed E-state index contributed by atoms with van der Waals surface area (Å²) >= 11 is 0. The lowest BCUT2D eigenvalue weighted by atomic mass is 10.1. The summed E-state index contributed by atoms with van der Waals surface area (Å²) in [4.78, 5) is 12.1. The molecule has 0 aromatic heterocycles. The van der Waals surface area contributed by atoms with Crippen LogP contribution in [0.4, 0.5) is 10.1 Å². The van der Waals surface area contributed by atoms with E-state index < -0.39 is 5.82 Å². The van der Waals surface area contributed by atoms with Crippen LogP contribution in [-0.2, 0) is 0 Å². The molecule has 0 spiro atoms. The average Bonchev–Trinajstić information content (AvgIpc) is 3.22. The van der Waals surface area contributed by atoms with Crippen molar-refractivity contribution in [3.05, 3.63) is 65.5 Å². The third-order valence-electron chi connectivity index (χ3n) is 3.63. The van der Waals surface area contributed by atoms with Crippen molar-refractivity contribution in [1.29, 1.82) is 0 Å². The van der Waals surface area contributed by atoms with Gasteiger partial charge in [0, 0.05) is 12.0 Å². The molecule has 2 unspecified atom stereocenters. The molecule has 0 radical (unpaired) electrons. The smallest absolute Gasteiger partial charge is 0.253 e. The van der Waals surface area contributed by atoms with Gasteiger partial charge in [-0.1, -0.05) is 36.4 Å². The lowest BCUT2D eigenvalue weighted by Gasteiger charge is -2.08. The minimum Gasteiger partial charge on any atom is -0.396 e. The van der Waals surface area contributed by atoms with Crippen molar-refractivity contribution in [2.24, 2.45) is 0 Å². The Balaban J connectivity index is 1.68. The van der Waals surface area contributed by atoms with E-state index in [2.05, 4.69) is 5.32 Å². The van der Waals surface area contributed by atoms with Crippen LogP contribution in [0.15, 0.2) is 48.5 Å². The largest absolute Gasteiger partial charge is 0.396 e. The van der Waals surface area contributed by atoms with Crippen LogP contribution in [0.2, 0.25) is 0 Å². The second-order valence-electron chi connectivity index (χ2n) is 5.03. The molecule has 3 N–H and O–H groups in total. The van der Waals surface area contributed by atoms with Crippen molar-refractivity contribution in [2.75, 3.05) is 5.73 Å². The Kier molecular flexibility index (Phi) is 3.14. The van der Waals surface area contributed by atoms with Crippen molar-refractivity contribution >= 4 is 11.6 Å². The summed E-state index contributed by atoms with van der Waals surface area (Å²) < 4.78 is 13.3. The van der Waals surface area contributed by atoms with Crippen LogP contribution in [0.3, 0.4) is 0 Å². The predicted octanol–water partition coefficient (Wildman–Crippen LogP) is 2.69. The topological polar surface area (TPSA) is 55.1 Å². The molecule has 102 valence electrons. The number of amides is 1. The molecule has 3 nitrogen and oxygen atoms in total. The molecule has 0 saturated heterocycles. The molecule has 1 amide bonds. The molecule has 1 saturated carbocycles. The first-order chi connectivity index (χ1) is 9.66. The lowest BCUT2D eigenvalue weighted by molar-refractivity contribution is 0.0951. The van der Waals surface area contributed by atoms with Crippen molar-refractivity contribution in [3.63, 3.8) is 0 Å². The molecule has 3 rings (SSSR count). The Morgan fingerprint density at radius 1 is 1.15 bits per heavy atom. The van der Waals surface area contributed by atoms with Crippen LogP contribution in [0.1, 0.15) is 28.3 Å². The molecule has 0 bridgehead atoms. The Morgan fingerprint density at radius 2 is 1.90 bits per heavy atom. The number of hydrogen-bond acceptors (Lipinski definition) is 2. The summed E-state index contributed by atoms with van der Waals surface area (Å²) in [7, 11) is 0. The highest BCUT2D eigenvalue weighted by Crippen LogP contribution is 2.40. The van der Waals surface area contributed by atoms with Gasteiger partial charge in [-0.2, -0.15) is 0 Å². The van der Waals surface area contributed by atoms with Gasteiger partial charge in [-0.05, 0) is 24.1 Å². The fourth-order valence-corrected chi connectivity index (χ4v) is 2.40. The second-order valence-corrected chi connectivity index (χ2v) is 5.03. The minimum absolute atomic E-state index is 0.0955. The van der Waals surface area contributed by atoms with E-state index in [1.54, 1.807) is 0 Å². The highest BCUT2D eigenvalue weighted by molar-refractivity contribution is 5.99. The number of nitrogens with two attached hydrogens (primary N) is 1. The van der Waals surface area contributed by atoms with E-state index in [4.69, 9.17) is 5.73 Å². The van der Waals surface area contributed by atoms with E-state index in [1.807, 2.05) is 30.3 Å². The fourth-order valence-electron chi connectivity index (χ4n) is 2.40. The molecule has 0 aliphatic heterocycles. The van der Waals surface area contributed by atoms with Crippen molar-refractivity contribution in [1.82, 2.24) is 5.32 Å². The molecule has 1 fully saturated rings. The molecule has 0 heterocycles. The minimum atomic E-state index is -0.562. The molecule has 4 heteroatoms. The van der Waals surface area contributed by atoms with Crippen LogP contribution in [0.5, 0.6) is 0 Å². The number of para-hydroxylation sites is 1. The van der Waals surface area contributed by atoms with Gasteiger partial charge in [-0.15, -0.1) is 0 Å². The van der Waals surface area contributed by atoms with Gasteiger partial charge in [0.05, 0.1) is 11.3 Å². The molecular formula is C16H15FN2O. The van der Waals surface area contributed by atoms with Crippen LogP contribution >= 0.6 is 0 Å². The first-order valence-electron chi connectivity index (χ1n) is 6.56. The number of nitrogens with one attached hydrogen (secondary N) is 1. The van der Waals surface area contributed by atoms with Crippen LogP contribution in [-0.4, -0.2) is 11.9 Å². The Morgan fingerprint density at radius 3 is 2.65 bits per heavy atom. The molecule has 2 aromatic carbocycles. The van der Waals surface area contributed by atoms with Crippen LogP contribution in [0, 0.1) is 5.82 Å². The van der Waals surface area contributed by atoms with Crippen molar-refractivity contribution in [3.8, 4) is 0 Å². The third kappa shape index (κ3) is 2.37. The molecule has 1 aliphatic carbocycles. The zero-order chi connectivity index (χ0) is 14.1. The summed E-state index contributed by atoms with van der Waals surface area (Å²) in [5.74, 6) is -0.534. The molecule has 1 aliphatic rings. The predicted molar refractivity (Wildman–Crippen MR) is 75.9 cm³/mol. The number of nitrogen functional groups attached to an aromatic ring is 1. The molecule has 2 atom stereocenters. The summed E-state index contributed by atoms with van der Waals surface area (Å²) in [5, 5.41) is 2.90. The zero-order valence-electron chi connectivity index (χ0n) is 10.8. The number of hydrogen-bond donors (Lipinski definition) is 2. The van der Waals surface area contributed by atoms with E-state index >= 15 is 0 Å². The van der Waals surface area contributed by atoms with Gasteiger partial charge in [0.25, 0.3) is 5.91 Å². The Hall–Kier alpha value is -2.36. The monoisotopic (exact) mass is 270 g/mol. The normalized spacial score (nSPS) is 20.4. The van der Waals surface area contributed by atoms with Gasteiger partial charge >= 0.3 is 0 Å². The van der Waals surface area contributed by atoms with Gasteiger partial charge in [-0.3, -0.25) is 4.79 Å². The van der Waals surface area contributed by atoms with E-state index in [-0.39, 0.29) is 23.2 Å². The van der Waals surface area contributed by atoms with Gasteiger partial charge in [0.2, 0.25) is 0 Å². The second kappa shape index (κ2) is 4.96. The van der Waals surface area contributed by atoms with E-state index in [0.717, 1.165) is 6.42 Å². The molecule has 2 aromatic rings. The summed E-state index contributed by atoms with van der Waals surface area (Å²) in [6.45, 7) is 0. The SMILES string of the molecule is Nc1c(F)cccc1C(=O)NC1CC1c1ccccc1. The number of rotatable bonds is 3. The highest BCUT2D eigenvalue weighted by atomic mass is 19.1. The maximum absolute atomic E-state index is 13.3. The highest BCUT2D eigenvalue weighted by Gasteiger charge is 2.39. The quantitative estimate of drug-likeness (QED) is 0.842. The fraction of sp³-hybridized carbons (Fsp3) is 0.188. The third-order valence-corrected chi connectivity index (χ3v) is 3.63. The molecular weight excluding hydrogens is 255 g/mol. The summed E-state index contributed by atoms with van der Waals surface area (Å²) in [5.41, 5.74) is 6.90. The number of benzene rings is 2.